The lowest BCUT2D eigenvalue weighted by Gasteiger charge is -2.35. The van der Waals surface area contributed by atoms with E-state index in [0.29, 0.717) is 12.6 Å². The van der Waals surface area contributed by atoms with Gasteiger partial charge in [0.25, 0.3) is 0 Å². The molecule has 5 nitrogen and oxygen atoms in total. The van der Waals surface area contributed by atoms with Crippen LogP contribution in [-0.4, -0.2) is 41.6 Å². The molecule has 1 atom stereocenters. The summed E-state index contributed by atoms with van der Waals surface area (Å²) in [6, 6.07) is 10.0. The maximum Gasteiger partial charge on any atom is 0.319 e. The van der Waals surface area contributed by atoms with Crippen LogP contribution in [0.4, 0.5) is 10.5 Å². The Morgan fingerprint density at radius 2 is 2.16 bits per heavy atom. The van der Waals surface area contributed by atoms with Gasteiger partial charge in [-0.2, -0.15) is 0 Å². The second-order valence-corrected chi connectivity index (χ2v) is 6.75. The average molecular weight is 340 g/mol. The quantitative estimate of drug-likeness (QED) is 0.835. The predicted octanol–water partition coefficient (Wildman–Crippen LogP) is 4.01. The van der Waals surface area contributed by atoms with E-state index in [1.54, 1.807) is 6.20 Å². The Morgan fingerprint density at radius 1 is 1.28 bits per heavy atom. The fourth-order valence-electron chi connectivity index (χ4n) is 3.53. The molecule has 1 aromatic carbocycles. The number of aromatic nitrogens is 1. The molecule has 0 spiro atoms. The van der Waals surface area contributed by atoms with Crippen molar-refractivity contribution in [2.24, 2.45) is 0 Å². The molecule has 1 fully saturated rings. The van der Waals surface area contributed by atoms with E-state index in [2.05, 4.69) is 27.4 Å². The number of pyridine rings is 1. The highest BCUT2D eigenvalue weighted by Gasteiger charge is 2.22. The normalized spacial score (nSPS) is 18.2. The van der Waals surface area contributed by atoms with Crippen LogP contribution in [0.3, 0.4) is 0 Å². The Hall–Kier alpha value is -2.14. The molecule has 0 radical (unpaired) electrons. The molecule has 2 N–H and O–H groups in total. The van der Waals surface area contributed by atoms with Gasteiger partial charge in [0, 0.05) is 24.2 Å². The second-order valence-electron chi connectivity index (χ2n) is 6.75. The molecule has 2 heterocycles. The lowest BCUT2D eigenvalue weighted by Crippen LogP contribution is -2.47. The highest BCUT2D eigenvalue weighted by Crippen LogP contribution is 2.21. The summed E-state index contributed by atoms with van der Waals surface area (Å²) in [5.74, 6) is 0. The number of fused-ring (bicyclic) bond motifs is 1. The maximum absolute atomic E-state index is 12.4. The summed E-state index contributed by atoms with van der Waals surface area (Å²) in [4.78, 5) is 19.3. The molecule has 25 heavy (non-hydrogen) atoms. The van der Waals surface area contributed by atoms with Gasteiger partial charge in [0.1, 0.15) is 0 Å². The standard InChI is InChI=1S/C20H28N4O/c1-2-3-13-24-14-5-4-10-17(24)15-22-20(25)23-18-11-6-8-16-9-7-12-21-19(16)18/h6-9,11-12,17H,2-5,10,13-15H2,1H3,(H2,22,23,25). The summed E-state index contributed by atoms with van der Waals surface area (Å²) in [6.45, 7) is 5.22. The first-order valence-electron chi connectivity index (χ1n) is 9.40. The van der Waals surface area contributed by atoms with Crippen molar-refractivity contribution in [3.63, 3.8) is 0 Å². The zero-order valence-corrected chi connectivity index (χ0v) is 15.0. The van der Waals surface area contributed by atoms with Gasteiger partial charge >= 0.3 is 6.03 Å². The third-order valence-electron chi connectivity index (χ3n) is 4.93. The molecular weight excluding hydrogens is 312 g/mol. The van der Waals surface area contributed by atoms with Gasteiger partial charge in [-0.1, -0.05) is 38.0 Å². The molecule has 0 bridgehead atoms. The topological polar surface area (TPSA) is 57.3 Å². The Kier molecular flexibility index (Phi) is 6.23. The fourth-order valence-corrected chi connectivity index (χ4v) is 3.53. The molecule has 0 saturated carbocycles. The Bertz CT molecular complexity index is 698. The highest BCUT2D eigenvalue weighted by molar-refractivity contribution is 5.99. The number of nitrogens with one attached hydrogen (secondary N) is 2. The summed E-state index contributed by atoms with van der Waals surface area (Å²) in [7, 11) is 0. The lowest BCUT2D eigenvalue weighted by atomic mass is 10.0. The van der Waals surface area contributed by atoms with Gasteiger partial charge in [-0.15, -0.1) is 0 Å². The first-order valence-corrected chi connectivity index (χ1v) is 9.40. The third kappa shape index (κ3) is 4.69. The minimum absolute atomic E-state index is 0.154. The van der Waals surface area contributed by atoms with Gasteiger partial charge < -0.3 is 10.6 Å². The number of carbonyl (C=O) groups is 1. The number of likely N-dealkylation sites (tertiary alicyclic amines) is 1. The second kappa shape index (κ2) is 8.81. The fraction of sp³-hybridized carbons (Fsp3) is 0.500. The first kappa shape index (κ1) is 17.7. The van der Waals surface area contributed by atoms with Crippen LogP contribution in [0.2, 0.25) is 0 Å². The van der Waals surface area contributed by atoms with Crippen molar-refractivity contribution < 1.29 is 4.79 Å². The van der Waals surface area contributed by atoms with E-state index in [-0.39, 0.29) is 6.03 Å². The van der Waals surface area contributed by atoms with Crippen molar-refractivity contribution in [3.8, 4) is 0 Å². The number of para-hydroxylation sites is 1. The summed E-state index contributed by atoms with van der Waals surface area (Å²) >= 11 is 0. The van der Waals surface area contributed by atoms with Crippen molar-refractivity contribution in [1.29, 1.82) is 0 Å². The third-order valence-corrected chi connectivity index (χ3v) is 4.93. The molecule has 1 aliphatic rings. The number of rotatable bonds is 6. The van der Waals surface area contributed by atoms with E-state index in [0.717, 1.165) is 29.7 Å². The van der Waals surface area contributed by atoms with E-state index < -0.39 is 0 Å². The molecule has 1 aliphatic heterocycles. The number of anilines is 1. The van der Waals surface area contributed by atoms with Gasteiger partial charge in [0.2, 0.25) is 0 Å². The van der Waals surface area contributed by atoms with Crippen LogP contribution < -0.4 is 10.6 Å². The van der Waals surface area contributed by atoms with E-state index in [1.807, 2.05) is 30.3 Å². The molecule has 3 rings (SSSR count). The Labute approximate surface area is 149 Å². The van der Waals surface area contributed by atoms with Crippen LogP contribution in [0.15, 0.2) is 36.5 Å². The summed E-state index contributed by atoms with van der Waals surface area (Å²) in [5.41, 5.74) is 1.57. The van der Waals surface area contributed by atoms with Gasteiger partial charge in [0.15, 0.2) is 0 Å². The molecule has 1 unspecified atom stereocenters. The number of hydrogen-bond donors (Lipinski definition) is 2. The first-order chi connectivity index (χ1) is 12.3. The van der Waals surface area contributed by atoms with Crippen molar-refractivity contribution in [2.75, 3.05) is 25.0 Å². The number of benzene rings is 1. The lowest BCUT2D eigenvalue weighted by molar-refractivity contribution is 0.145. The predicted molar refractivity (Wildman–Crippen MR) is 103 cm³/mol. The molecule has 1 saturated heterocycles. The molecule has 1 aromatic heterocycles. The number of urea groups is 1. The van der Waals surface area contributed by atoms with Crippen molar-refractivity contribution in [3.05, 3.63) is 36.5 Å². The van der Waals surface area contributed by atoms with E-state index in [4.69, 9.17) is 0 Å². The SMILES string of the molecule is CCCCN1CCCCC1CNC(=O)Nc1cccc2cccnc12. The number of piperidine rings is 1. The minimum Gasteiger partial charge on any atom is -0.336 e. The van der Waals surface area contributed by atoms with Crippen LogP contribution >= 0.6 is 0 Å². The summed E-state index contributed by atoms with van der Waals surface area (Å²) in [5, 5.41) is 7.03. The van der Waals surface area contributed by atoms with Crippen LogP contribution in [0.25, 0.3) is 10.9 Å². The highest BCUT2D eigenvalue weighted by atomic mass is 16.2. The number of hydrogen-bond acceptors (Lipinski definition) is 3. The van der Waals surface area contributed by atoms with Crippen LogP contribution in [0, 0.1) is 0 Å². The van der Waals surface area contributed by atoms with Gasteiger partial charge in [-0.05, 0) is 44.5 Å². The largest absolute Gasteiger partial charge is 0.336 e. The molecule has 2 aromatic rings. The van der Waals surface area contributed by atoms with Gasteiger partial charge in [0.05, 0.1) is 11.2 Å². The van der Waals surface area contributed by atoms with Crippen molar-refractivity contribution >= 4 is 22.6 Å². The van der Waals surface area contributed by atoms with E-state index in [9.17, 15) is 4.79 Å². The zero-order valence-electron chi connectivity index (χ0n) is 15.0. The molecule has 134 valence electrons. The average Bonchev–Trinajstić information content (AvgIpc) is 2.65. The van der Waals surface area contributed by atoms with Crippen molar-refractivity contribution in [2.45, 2.75) is 45.1 Å². The molecular formula is C20H28N4O. The van der Waals surface area contributed by atoms with Crippen molar-refractivity contribution in [1.82, 2.24) is 15.2 Å². The number of carbonyl (C=O) groups excluding carboxylic acids is 1. The zero-order chi connectivity index (χ0) is 17.5. The Morgan fingerprint density at radius 3 is 3.04 bits per heavy atom. The van der Waals surface area contributed by atoms with Gasteiger partial charge in [-0.25, -0.2) is 4.79 Å². The van der Waals surface area contributed by atoms with Gasteiger partial charge in [-0.3, -0.25) is 9.88 Å². The number of nitrogens with zero attached hydrogens (tertiary/aromatic N) is 2. The monoisotopic (exact) mass is 340 g/mol. The molecule has 0 aliphatic carbocycles. The summed E-state index contributed by atoms with van der Waals surface area (Å²) < 4.78 is 0. The molecule has 2 amide bonds. The van der Waals surface area contributed by atoms with E-state index >= 15 is 0 Å². The van der Waals surface area contributed by atoms with Crippen LogP contribution in [0.5, 0.6) is 0 Å². The maximum atomic E-state index is 12.4. The minimum atomic E-state index is -0.154. The van der Waals surface area contributed by atoms with E-state index in [1.165, 1.54) is 32.1 Å². The van der Waals surface area contributed by atoms with Crippen LogP contribution in [-0.2, 0) is 0 Å². The number of amides is 2. The number of unbranched alkanes of at least 4 members (excludes halogenated alkanes) is 1. The summed E-state index contributed by atoms with van der Waals surface area (Å²) in [6.07, 6.45) is 7.88. The molecule has 5 heteroatoms. The Balaban J connectivity index is 1.56. The van der Waals surface area contributed by atoms with Crippen LogP contribution in [0.1, 0.15) is 39.0 Å². The smallest absolute Gasteiger partial charge is 0.319 e.